The summed E-state index contributed by atoms with van der Waals surface area (Å²) in [5.41, 5.74) is 2.71. The van der Waals surface area contributed by atoms with Gasteiger partial charge in [0, 0.05) is 13.1 Å². The van der Waals surface area contributed by atoms with Gasteiger partial charge in [0.15, 0.2) is 0 Å². The molecule has 3 atom stereocenters. The first-order valence-electron chi connectivity index (χ1n) is 12.5. The molecule has 6 heteroatoms. The SMILES string of the molecule is CC(c1ccc2ccccc2c1)N1C(=O)C2C(C1=O)N(Cc1ccccc1)C(=O)N2Cc1ccccc1. The van der Waals surface area contributed by atoms with Crippen molar-refractivity contribution in [2.24, 2.45) is 0 Å². The van der Waals surface area contributed by atoms with E-state index in [-0.39, 0.29) is 30.9 Å². The number of hydrogen-bond acceptors (Lipinski definition) is 3. The van der Waals surface area contributed by atoms with Gasteiger partial charge in [-0.05, 0) is 40.5 Å². The van der Waals surface area contributed by atoms with E-state index in [1.165, 1.54) is 4.90 Å². The highest BCUT2D eigenvalue weighted by Crippen LogP contribution is 2.38. The molecule has 4 amide bonds. The fraction of sp³-hybridized carbons (Fsp3) is 0.194. The van der Waals surface area contributed by atoms with E-state index in [4.69, 9.17) is 0 Å². The zero-order valence-corrected chi connectivity index (χ0v) is 20.5. The maximum atomic E-state index is 13.9. The number of imide groups is 1. The summed E-state index contributed by atoms with van der Waals surface area (Å²) in [6.07, 6.45) is 0. The van der Waals surface area contributed by atoms with Gasteiger partial charge in [0.2, 0.25) is 0 Å². The van der Waals surface area contributed by atoms with E-state index in [1.54, 1.807) is 9.80 Å². The standard InChI is InChI=1S/C31H27N3O3/c1-21(25-17-16-24-14-8-9-15-26(24)18-25)34-29(35)27-28(30(34)36)33(20-23-12-6-3-7-13-23)31(37)32(27)19-22-10-4-2-5-11-22/h2-18,21,27-28H,19-20H2,1H3. The maximum Gasteiger partial charge on any atom is 0.322 e. The Morgan fingerprint density at radius 3 is 1.65 bits per heavy atom. The first-order valence-corrected chi connectivity index (χ1v) is 12.5. The summed E-state index contributed by atoms with van der Waals surface area (Å²) < 4.78 is 0. The minimum absolute atomic E-state index is 0.267. The molecule has 4 aromatic rings. The Bertz CT molecular complexity index is 1420. The molecule has 6 nitrogen and oxygen atoms in total. The van der Waals surface area contributed by atoms with E-state index in [9.17, 15) is 14.4 Å². The number of hydrogen-bond donors (Lipinski definition) is 0. The highest BCUT2D eigenvalue weighted by molar-refractivity contribution is 6.13. The molecule has 184 valence electrons. The molecule has 37 heavy (non-hydrogen) atoms. The quantitative estimate of drug-likeness (QED) is 0.352. The summed E-state index contributed by atoms with van der Waals surface area (Å²) in [4.78, 5) is 45.9. The van der Waals surface area contributed by atoms with Gasteiger partial charge in [0.25, 0.3) is 11.8 Å². The summed E-state index contributed by atoms with van der Waals surface area (Å²) in [7, 11) is 0. The van der Waals surface area contributed by atoms with Crippen LogP contribution in [0.25, 0.3) is 10.8 Å². The second kappa shape index (κ2) is 9.21. The Balaban J connectivity index is 1.36. The smallest absolute Gasteiger partial charge is 0.306 e. The Kier molecular flexibility index (Phi) is 5.72. The molecule has 0 spiro atoms. The molecular weight excluding hydrogens is 462 g/mol. The molecule has 0 aliphatic carbocycles. The van der Waals surface area contributed by atoms with Crippen molar-refractivity contribution in [2.45, 2.75) is 38.1 Å². The number of carbonyl (C=O) groups is 3. The third-order valence-corrected chi connectivity index (χ3v) is 7.48. The number of carbonyl (C=O) groups excluding carboxylic acids is 3. The highest BCUT2D eigenvalue weighted by Gasteiger charge is 2.61. The van der Waals surface area contributed by atoms with Crippen LogP contribution in [0.15, 0.2) is 103 Å². The Morgan fingerprint density at radius 1 is 0.622 bits per heavy atom. The number of likely N-dealkylation sites (tertiary alicyclic amines) is 1. The van der Waals surface area contributed by atoms with Gasteiger partial charge in [-0.2, -0.15) is 0 Å². The number of urea groups is 1. The van der Waals surface area contributed by atoms with Crippen LogP contribution in [0.5, 0.6) is 0 Å². The second-order valence-corrected chi connectivity index (χ2v) is 9.73. The summed E-state index contributed by atoms with van der Waals surface area (Å²) >= 11 is 0. The highest BCUT2D eigenvalue weighted by atomic mass is 16.2. The van der Waals surface area contributed by atoms with Gasteiger partial charge in [0.05, 0.1) is 6.04 Å². The van der Waals surface area contributed by atoms with Gasteiger partial charge in [-0.3, -0.25) is 14.5 Å². The molecule has 6 rings (SSSR count). The first-order chi connectivity index (χ1) is 18.0. The van der Waals surface area contributed by atoms with E-state index in [0.717, 1.165) is 27.5 Å². The molecule has 4 aromatic carbocycles. The monoisotopic (exact) mass is 489 g/mol. The summed E-state index contributed by atoms with van der Waals surface area (Å²) in [5.74, 6) is -0.647. The molecule has 0 aromatic heterocycles. The molecule has 0 radical (unpaired) electrons. The topological polar surface area (TPSA) is 60.9 Å². The number of rotatable bonds is 6. The number of benzene rings is 4. The van der Waals surface area contributed by atoms with E-state index < -0.39 is 18.1 Å². The largest absolute Gasteiger partial charge is 0.322 e. The normalized spacial score (nSPS) is 20.1. The van der Waals surface area contributed by atoms with Crippen molar-refractivity contribution in [3.63, 3.8) is 0 Å². The van der Waals surface area contributed by atoms with E-state index >= 15 is 0 Å². The summed E-state index contributed by atoms with van der Waals surface area (Å²) in [6, 6.07) is 30.8. The zero-order chi connectivity index (χ0) is 25.5. The fourth-order valence-corrected chi connectivity index (χ4v) is 5.56. The summed E-state index contributed by atoms with van der Waals surface area (Å²) in [6.45, 7) is 2.42. The predicted octanol–water partition coefficient (Wildman–Crippen LogP) is 5.14. The van der Waals surface area contributed by atoms with Crippen LogP contribution in [0.2, 0.25) is 0 Å². The Morgan fingerprint density at radius 2 is 1.11 bits per heavy atom. The predicted molar refractivity (Wildman–Crippen MR) is 141 cm³/mol. The molecule has 0 N–H and O–H groups in total. The van der Waals surface area contributed by atoms with Gasteiger partial charge in [-0.1, -0.05) is 97.1 Å². The zero-order valence-electron chi connectivity index (χ0n) is 20.5. The molecular formula is C31H27N3O3. The Labute approximate surface area is 215 Å². The van der Waals surface area contributed by atoms with Crippen molar-refractivity contribution in [3.05, 3.63) is 120 Å². The van der Waals surface area contributed by atoms with Crippen molar-refractivity contribution in [3.8, 4) is 0 Å². The van der Waals surface area contributed by atoms with Crippen LogP contribution in [0.4, 0.5) is 4.79 Å². The van der Waals surface area contributed by atoms with Gasteiger partial charge < -0.3 is 9.80 Å². The molecule has 3 unspecified atom stereocenters. The first kappa shape index (κ1) is 23.0. The molecule has 0 saturated carbocycles. The molecule has 2 saturated heterocycles. The molecule has 2 heterocycles. The molecule has 2 aliphatic rings. The third-order valence-electron chi connectivity index (χ3n) is 7.48. The number of nitrogens with zero attached hydrogens (tertiary/aromatic N) is 3. The average molecular weight is 490 g/mol. The van der Waals surface area contributed by atoms with Gasteiger partial charge in [-0.15, -0.1) is 0 Å². The van der Waals surface area contributed by atoms with Gasteiger partial charge in [0.1, 0.15) is 12.1 Å². The van der Waals surface area contributed by atoms with Crippen molar-refractivity contribution in [2.75, 3.05) is 0 Å². The maximum absolute atomic E-state index is 13.9. The Hall–Kier alpha value is -4.45. The lowest BCUT2D eigenvalue weighted by Gasteiger charge is -2.29. The average Bonchev–Trinajstić information content (AvgIpc) is 3.35. The van der Waals surface area contributed by atoms with Gasteiger partial charge >= 0.3 is 6.03 Å². The van der Waals surface area contributed by atoms with Crippen LogP contribution in [0.3, 0.4) is 0 Å². The van der Waals surface area contributed by atoms with Crippen LogP contribution < -0.4 is 0 Å². The van der Waals surface area contributed by atoms with Gasteiger partial charge in [-0.25, -0.2) is 4.79 Å². The van der Waals surface area contributed by atoms with Crippen LogP contribution in [0.1, 0.15) is 29.7 Å². The molecule has 0 bridgehead atoms. The van der Waals surface area contributed by atoms with Crippen molar-refractivity contribution in [1.29, 1.82) is 0 Å². The van der Waals surface area contributed by atoms with E-state index in [2.05, 4.69) is 0 Å². The molecule has 2 aliphatic heterocycles. The van der Waals surface area contributed by atoms with Crippen LogP contribution >= 0.6 is 0 Å². The summed E-state index contributed by atoms with van der Waals surface area (Å²) in [5, 5.41) is 2.15. The van der Waals surface area contributed by atoms with E-state index in [1.807, 2.05) is 110 Å². The second-order valence-electron chi connectivity index (χ2n) is 9.73. The van der Waals surface area contributed by atoms with Crippen LogP contribution in [-0.2, 0) is 22.7 Å². The minimum Gasteiger partial charge on any atom is -0.306 e. The minimum atomic E-state index is -0.855. The van der Waals surface area contributed by atoms with Crippen LogP contribution in [-0.4, -0.2) is 44.6 Å². The lowest BCUT2D eigenvalue weighted by molar-refractivity contribution is -0.143. The number of fused-ring (bicyclic) bond motifs is 2. The molecule has 2 fully saturated rings. The third kappa shape index (κ3) is 3.95. The van der Waals surface area contributed by atoms with Crippen molar-refractivity contribution < 1.29 is 14.4 Å². The van der Waals surface area contributed by atoms with E-state index in [0.29, 0.717) is 0 Å². The van der Waals surface area contributed by atoms with Crippen molar-refractivity contribution >= 4 is 28.6 Å². The fourth-order valence-electron chi connectivity index (χ4n) is 5.56. The lowest BCUT2D eigenvalue weighted by atomic mass is 10.0. The lowest BCUT2D eigenvalue weighted by Crippen LogP contribution is -2.44. The van der Waals surface area contributed by atoms with Crippen molar-refractivity contribution in [1.82, 2.24) is 14.7 Å². The number of amides is 4. The van der Waals surface area contributed by atoms with Crippen LogP contribution in [0, 0.1) is 0 Å².